The fourth-order valence-electron chi connectivity index (χ4n) is 1.92. The standard InChI is InChI=1S/C14H9Cl2N3O2S/c15-9-5-10(16)7-12(6-9)22(20,21)19-11-1-2-13-14(8-11)18-4-3-17-13/h1-8,19H. The van der Waals surface area contributed by atoms with Gasteiger partial charge in [0.25, 0.3) is 10.0 Å². The van der Waals surface area contributed by atoms with Crippen LogP contribution in [0.1, 0.15) is 0 Å². The number of rotatable bonds is 3. The molecule has 0 aliphatic carbocycles. The number of hydrogen-bond acceptors (Lipinski definition) is 4. The Labute approximate surface area is 137 Å². The molecule has 0 unspecified atom stereocenters. The highest BCUT2D eigenvalue weighted by atomic mass is 35.5. The van der Waals surface area contributed by atoms with Crippen molar-refractivity contribution in [2.45, 2.75) is 4.90 Å². The Morgan fingerprint density at radius 3 is 2.18 bits per heavy atom. The lowest BCUT2D eigenvalue weighted by Crippen LogP contribution is -2.13. The monoisotopic (exact) mass is 353 g/mol. The summed E-state index contributed by atoms with van der Waals surface area (Å²) in [4.78, 5) is 8.25. The second-order valence-corrected chi connectivity index (χ2v) is 7.03. The molecule has 8 heteroatoms. The highest BCUT2D eigenvalue weighted by Crippen LogP contribution is 2.25. The average Bonchev–Trinajstić information content (AvgIpc) is 2.46. The first kappa shape index (κ1) is 15.0. The van der Waals surface area contributed by atoms with Gasteiger partial charge in [0.1, 0.15) is 0 Å². The highest BCUT2D eigenvalue weighted by Gasteiger charge is 2.16. The Balaban J connectivity index is 1.98. The maximum Gasteiger partial charge on any atom is 0.261 e. The topological polar surface area (TPSA) is 72.0 Å². The van der Waals surface area contributed by atoms with Crippen LogP contribution in [0.3, 0.4) is 0 Å². The van der Waals surface area contributed by atoms with Gasteiger partial charge in [0, 0.05) is 22.4 Å². The molecule has 2 aromatic carbocycles. The minimum atomic E-state index is -3.79. The average molecular weight is 354 g/mol. The lowest BCUT2D eigenvalue weighted by molar-refractivity contribution is 0.601. The van der Waals surface area contributed by atoms with E-state index in [4.69, 9.17) is 23.2 Å². The molecule has 0 saturated carbocycles. The van der Waals surface area contributed by atoms with Crippen LogP contribution in [0.15, 0.2) is 53.7 Å². The van der Waals surface area contributed by atoms with Gasteiger partial charge >= 0.3 is 0 Å². The van der Waals surface area contributed by atoms with Crippen molar-refractivity contribution in [2.24, 2.45) is 0 Å². The zero-order chi connectivity index (χ0) is 15.7. The van der Waals surface area contributed by atoms with Crippen LogP contribution >= 0.6 is 23.2 Å². The molecule has 0 aliphatic heterocycles. The summed E-state index contributed by atoms with van der Waals surface area (Å²) in [5.74, 6) is 0. The summed E-state index contributed by atoms with van der Waals surface area (Å²) in [6.45, 7) is 0. The zero-order valence-electron chi connectivity index (χ0n) is 11.0. The van der Waals surface area contributed by atoms with E-state index >= 15 is 0 Å². The molecule has 1 heterocycles. The predicted octanol–water partition coefficient (Wildman–Crippen LogP) is 3.74. The fourth-order valence-corrected chi connectivity index (χ4v) is 3.70. The summed E-state index contributed by atoms with van der Waals surface area (Å²) in [6, 6.07) is 9.03. The third kappa shape index (κ3) is 3.14. The molecule has 0 amide bonds. The van der Waals surface area contributed by atoms with Crippen molar-refractivity contribution in [1.82, 2.24) is 9.97 Å². The lowest BCUT2D eigenvalue weighted by atomic mass is 10.3. The van der Waals surface area contributed by atoms with Crippen molar-refractivity contribution in [2.75, 3.05) is 4.72 Å². The van der Waals surface area contributed by atoms with Gasteiger partial charge in [-0.15, -0.1) is 0 Å². The molecule has 0 saturated heterocycles. The van der Waals surface area contributed by atoms with Crippen LogP contribution in [0.4, 0.5) is 5.69 Å². The van der Waals surface area contributed by atoms with E-state index in [2.05, 4.69) is 14.7 Å². The lowest BCUT2D eigenvalue weighted by Gasteiger charge is -2.09. The molecule has 5 nitrogen and oxygen atoms in total. The first-order valence-corrected chi connectivity index (χ1v) is 8.38. The molecule has 112 valence electrons. The number of anilines is 1. The number of fused-ring (bicyclic) bond motifs is 1. The van der Waals surface area contributed by atoms with Gasteiger partial charge in [-0.3, -0.25) is 14.7 Å². The van der Waals surface area contributed by atoms with Crippen LogP contribution in [-0.4, -0.2) is 18.4 Å². The van der Waals surface area contributed by atoms with E-state index < -0.39 is 10.0 Å². The van der Waals surface area contributed by atoms with Crippen molar-refractivity contribution in [3.05, 3.63) is 58.8 Å². The number of halogens is 2. The molecular formula is C14H9Cl2N3O2S. The highest BCUT2D eigenvalue weighted by molar-refractivity contribution is 7.92. The third-order valence-electron chi connectivity index (χ3n) is 2.87. The molecule has 22 heavy (non-hydrogen) atoms. The van der Waals surface area contributed by atoms with Gasteiger partial charge in [-0.25, -0.2) is 8.42 Å². The molecule has 0 fully saturated rings. The van der Waals surface area contributed by atoms with Crippen molar-refractivity contribution in [3.63, 3.8) is 0 Å². The fraction of sp³-hybridized carbons (Fsp3) is 0. The van der Waals surface area contributed by atoms with Crippen molar-refractivity contribution in [1.29, 1.82) is 0 Å². The molecule has 3 rings (SSSR count). The minimum absolute atomic E-state index is 0.00996. The Morgan fingerprint density at radius 1 is 0.864 bits per heavy atom. The van der Waals surface area contributed by atoms with Crippen LogP contribution in [0.5, 0.6) is 0 Å². The summed E-state index contributed by atoms with van der Waals surface area (Å²) in [5.41, 5.74) is 1.65. The van der Waals surface area contributed by atoms with E-state index in [0.717, 1.165) is 0 Å². The van der Waals surface area contributed by atoms with Crippen molar-refractivity contribution < 1.29 is 8.42 Å². The van der Waals surface area contributed by atoms with Gasteiger partial charge in [-0.05, 0) is 36.4 Å². The number of nitrogens with one attached hydrogen (secondary N) is 1. The molecule has 0 bridgehead atoms. The van der Waals surface area contributed by atoms with E-state index in [1.165, 1.54) is 24.4 Å². The molecule has 3 aromatic rings. The molecule has 0 atom stereocenters. The Kier molecular flexibility index (Phi) is 3.90. The first-order chi connectivity index (χ1) is 10.4. The van der Waals surface area contributed by atoms with E-state index in [0.29, 0.717) is 16.7 Å². The molecule has 0 radical (unpaired) electrons. The van der Waals surface area contributed by atoms with E-state index in [1.807, 2.05) is 0 Å². The number of nitrogens with zero attached hydrogens (tertiary/aromatic N) is 2. The second-order valence-electron chi connectivity index (χ2n) is 4.47. The maximum atomic E-state index is 12.4. The second kappa shape index (κ2) is 5.72. The normalized spacial score (nSPS) is 11.5. The minimum Gasteiger partial charge on any atom is -0.280 e. The summed E-state index contributed by atoms with van der Waals surface area (Å²) < 4.78 is 27.2. The third-order valence-corrected chi connectivity index (χ3v) is 4.67. The van der Waals surface area contributed by atoms with Gasteiger partial charge in [0.2, 0.25) is 0 Å². The van der Waals surface area contributed by atoms with Gasteiger partial charge in [-0.1, -0.05) is 23.2 Å². The van der Waals surface area contributed by atoms with Gasteiger partial charge < -0.3 is 0 Å². The van der Waals surface area contributed by atoms with E-state index in [1.54, 1.807) is 24.4 Å². The zero-order valence-corrected chi connectivity index (χ0v) is 13.3. The predicted molar refractivity (Wildman–Crippen MR) is 86.8 cm³/mol. The van der Waals surface area contributed by atoms with E-state index in [-0.39, 0.29) is 14.9 Å². The molecule has 0 aliphatic rings. The first-order valence-electron chi connectivity index (χ1n) is 6.14. The van der Waals surface area contributed by atoms with Crippen LogP contribution in [0, 0.1) is 0 Å². The van der Waals surface area contributed by atoms with Gasteiger partial charge in [0.15, 0.2) is 0 Å². The summed E-state index contributed by atoms with van der Waals surface area (Å²) >= 11 is 11.7. The van der Waals surface area contributed by atoms with Crippen LogP contribution in [0.25, 0.3) is 11.0 Å². The summed E-state index contributed by atoms with van der Waals surface area (Å²) in [7, 11) is -3.79. The molecule has 1 N–H and O–H groups in total. The van der Waals surface area contributed by atoms with Crippen LogP contribution in [0.2, 0.25) is 10.0 Å². The Morgan fingerprint density at radius 2 is 1.50 bits per heavy atom. The largest absolute Gasteiger partial charge is 0.280 e. The Bertz CT molecular complexity index is 941. The van der Waals surface area contributed by atoms with E-state index in [9.17, 15) is 8.42 Å². The number of benzene rings is 2. The number of sulfonamides is 1. The van der Waals surface area contributed by atoms with Crippen molar-refractivity contribution in [3.8, 4) is 0 Å². The van der Waals surface area contributed by atoms with Gasteiger partial charge in [0.05, 0.1) is 21.6 Å². The summed E-state index contributed by atoms with van der Waals surface area (Å²) in [6.07, 6.45) is 3.11. The maximum absolute atomic E-state index is 12.4. The van der Waals surface area contributed by atoms with Crippen molar-refractivity contribution >= 4 is 49.9 Å². The molecular weight excluding hydrogens is 345 g/mol. The smallest absolute Gasteiger partial charge is 0.261 e. The number of aromatic nitrogens is 2. The molecule has 0 spiro atoms. The van der Waals surface area contributed by atoms with Crippen LogP contribution < -0.4 is 4.72 Å². The van der Waals surface area contributed by atoms with Crippen LogP contribution in [-0.2, 0) is 10.0 Å². The Hall–Kier alpha value is -1.89. The molecule has 1 aromatic heterocycles. The van der Waals surface area contributed by atoms with Gasteiger partial charge in [-0.2, -0.15) is 0 Å². The summed E-state index contributed by atoms with van der Waals surface area (Å²) in [5, 5.41) is 0.495. The SMILES string of the molecule is O=S(=O)(Nc1ccc2nccnc2c1)c1cc(Cl)cc(Cl)c1. The quantitative estimate of drug-likeness (QED) is 0.778. The number of hydrogen-bond donors (Lipinski definition) is 1.